The van der Waals surface area contributed by atoms with Crippen molar-refractivity contribution in [3.05, 3.63) is 30.1 Å². The summed E-state index contributed by atoms with van der Waals surface area (Å²) in [6.07, 6.45) is -0.0142. The Morgan fingerprint density at radius 2 is 1.80 bits per heavy atom. The van der Waals surface area contributed by atoms with Crippen LogP contribution in [0.5, 0.6) is 0 Å². The molecule has 0 atom stereocenters. The standard InChI is InChI=1S/C10H11FO3S/c1-8(12)6-7-15(13,14)10-4-2-9(11)3-5-10/h2-5H,6-7H2,1H3. The summed E-state index contributed by atoms with van der Waals surface area (Å²) >= 11 is 0. The third kappa shape index (κ3) is 3.43. The summed E-state index contributed by atoms with van der Waals surface area (Å²) in [6.45, 7) is 1.33. The van der Waals surface area contributed by atoms with Gasteiger partial charge in [0.2, 0.25) is 0 Å². The van der Waals surface area contributed by atoms with Crippen LogP contribution in [0, 0.1) is 5.82 Å². The summed E-state index contributed by atoms with van der Waals surface area (Å²) in [6, 6.07) is 4.57. The van der Waals surface area contributed by atoms with Crippen LogP contribution in [-0.4, -0.2) is 20.0 Å². The van der Waals surface area contributed by atoms with Gasteiger partial charge in [-0.2, -0.15) is 0 Å². The Labute approximate surface area is 87.8 Å². The Balaban J connectivity index is 2.87. The molecular weight excluding hydrogens is 219 g/mol. The summed E-state index contributed by atoms with van der Waals surface area (Å²) < 4.78 is 35.7. The van der Waals surface area contributed by atoms with E-state index in [0.717, 1.165) is 12.1 Å². The van der Waals surface area contributed by atoms with E-state index in [-0.39, 0.29) is 22.9 Å². The fraction of sp³-hybridized carbons (Fsp3) is 0.300. The van der Waals surface area contributed by atoms with Crippen molar-refractivity contribution in [3.63, 3.8) is 0 Å². The summed E-state index contributed by atoms with van der Waals surface area (Å²) in [5, 5.41) is 0. The molecule has 0 unspecified atom stereocenters. The van der Waals surface area contributed by atoms with Crippen LogP contribution in [0.15, 0.2) is 29.2 Å². The zero-order chi connectivity index (χ0) is 11.5. The molecule has 1 rings (SSSR count). The molecule has 15 heavy (non-hydrogen) atoms. The van der Waals surface area contributed by atoms with Crippen molar-refractivity contribution in [1.82, 2.24) is 0 Å². The predicted octanol–water partition coefficient (Wildman–Crippen LogP) is 1.58. The first-order valence-electron chi connectivity index (χ1n) is 4.39. The molecule has 0 amide bonds. The molecule has 0 N–H and O–H groups in total. The van der Waals surface area contributed by atoms with Crippen LogP contribution in [0.4, 0.5) is 4.39 Å². The molecule has 1 aromatic rings. The number of ketones is 1. The fourth-order valence-corrected chi connectivity index (χ4v) is 2.38. The number of hydrogen-bond donors (Lipinski definition) is 0. The van der Waals surface area contributed by atoms with Crippen molar-refractivity contribution in [1.29, 1.82) is 0 Å². The lowest BCUT2D eigenvalue weighted by Gasteiger charge is -2.02. The van der Waals surface area contributed by atoms with Gasteiger partial charge in [-0.15, -0.1) is 0 Å². The van der Waals surface area contributed by atoms with Gasteiger partial charge in [-0.05, 0) is 31.2 Å². The van der Waals surface area contributed by atoms with Gasteiger partial charge in [-0.1, -0.05) is 0 Å². The van der Waals surface area contributed by atoms with E-state index in [9.17, 15) is 17.6 Å². The molecule has 0 heterocycles. The summed E-state index contributed by atoms with van der Waals surface area (Å²) in [7, 11) is -3.46. The Morgan fingerprint density at radius 3 is 2.27 bits per heavy atom. The van der Waals surface area contributed by atoms with Gasteiger partial charge < -0.3 is 0 Å². The molecule has 0 aromatic heterocycles. The molecule has 82 valence electrons. The first-order valence-corrected chi connectivity index (χ1v) is 6.05. The third-order valence-corrected chi connectivity index (χ3v) is 3.63. The Kier molecular flexibility index (Phi) is 3.57. The van der Waals surface area contributed by atoms with E-state index >= 15 is 0 Å². The van der Waals surface area contributed by atoms with Gasteiger partial charge in [0.15, 0.2) is 9.84 Å². The molecule has 0 aliphatic carbocycles. The van der Waals surface area contributed by atoms with Crippen LogP contribution >= 0.6 is 0 Å². The molecule has 0 radical (unpaired) electrons. The van der Waals surface area contributed by atoms with Crippen molar-refractivity contribution in [3.8, 4) is 0 Å². The summed E-state index contributed by atoms with van der Waals surface area (Å²) in [5.41, 5.74) is 0. The van der Waals surface area contributed by atoms with E-state index in [1.165, 1.54) is 19.1 Å². The number of benzene rings is 1. The Bertz CT molecular complexity index is 448. The van der Waals surface area contributed by atoms with E-state index in [4.69, 9.17) is 0 Å². The SMILES string of the molecule is CC(=O)CCS(=O)(=O)c1ccc(F)cc1. The zero-order valence-electron chi connectivity index (χ0n) is 8.23. The maximum Gasteiger partial charge on any atom is 0.178 e. The molecule has 5 heteroatoms. The maximum absolute atomic E-state index is 12.5. The topological polar surface area (TPSA) is 51.2 Å². The fourth-order valence-electron chi connectivity index (χ4n) is 1.04. The van der Waals surface area contributed by atoms with Gasteiger partial charge in [0, 0.05) is 6.42 Å². The van der Waals surface area contributed by atoms with Gasteiger partial charge in [-0.3, -0.25) is 4.79 Å². The molecule has 3 nitrogen and oxygen atoms in total. The Morgan fingerprint density at radius 1 is 1.27 bits per heavy atom. The summed E-state index contributed by atoms with van der Waals surface area (Å²) in [4.78, 5) is 10.7. The molecule has 0 saturated heterocycles. The molecule has 0 aliphatic heterocycles. The number of halogens is 1. The van der Waals surface area contributed by atoms with Crippen molar-refractivity contribution in [2.75, 3.05) is 5.75 Å². The minimum absolute atomic E-state index is 0.0142. The average Bonchev–Trinajstić information content (AvgIpc) is 2.16. The van der Waals surface area contributed by atoms with Gasteiger partial charge in [-0.25, -0.2) is 12.8 Å². The van der Waals surface area contributed by atoms with Crippen molar-refractivity contribution in [2.45, 2.75) is 18.2 Å². The molecule has 1 aromatic carbocycles. The van der Waals surface area contributed by atoms with Gasteiger partial charge >= 0.3 is 0 Å². The first kappa shape index (κ1) is 11.8. The van der Waals surface area contributed by atoms with E-state index in [0.29, 0.717) is 0 Å². The van der Waals surface area contributed by atoms with E-state index in [2.05, 4.69) is 0 Å². The lowest BCUT2D eigenvalue weighted by molar-refractivity contribution is -0.116. The van der Waals surface area contributed by atoms with Crippen LogP contribution in [-0.2, 0) is 14.6 Å². The van der Waals surface area contributed by atoms with E-state index in [1.54, 1.807) is 0 Å². The minimum atomic E-state index is -3.46. The molecule has 0 bridgehead atoms. The molecule has 0 spiro atoms. The first-order chi connectivity index (χ1) is 6.92. The van der Waals surface area contributed by atoms with Crippen molar-refractivity contribution >= 4 is 15.6 Å². The smallest absolute Gasteiger partial charge is 0.178 e. The number of hydrogen-bond acceptors (Lipinski definition) is 3. The van der Waals surface area contributed by atoms with Crippen LogP contribution in [0.1, 0.15) is 13.3 Å². The highest BCUT2D eigenvalue weighted by Crippen LogP contribution is 2.12. The largest absolute Gasteiger partial charge is 0.300 e. The zero-order valence-corrected chi connectivity index (χ0v) is 9.05. The molecule has 0 aliphatic rings. The molecule has 0 fully saturated rings. The minimum Gasteiger partial charge on any atom is -0.300 e. The number of rotatable bonds is 4. The second kappa shape index (κ2) is 4.53. The van der Waals surface area contributed by atoms with Gasteiger partial charge in [0.05, 0.1) is 10.6 Å². The van der Waals surface area contributed by atoms with Crippen LogP contribution in [0.2, 0.25) is 0 Å². The highest BCUT2D eigenvalue weighted by atomic mass is 32.2. The van der Waals surface area contributed by atoms with Crippen molar-refractivity contribution < 1.29 is 17.6 Å². The lowest BCUT2D eigenvalue weighted by Crippen LogP contribution is -2.09. The summed E-state index contributed by atoms with van der Waals surface area (Å²) in [5.74, 6) is -0.894. The maximum atomic E-state index is 12.5. The molecular formula is C10H11FO3S. The molecule has 0 saturated carbocycles. The second-order valence-corrected chi connectivity index (χ2v) is 5.33. The number of sulfone groups is 1. The van der Waals surface area contributed by atoms with Crippen LogP contribution in [0.25, 0.3) is 0 Å². The highest BCUT2D eigenvalue weighted by Gasteiger charge is 2.14. The quantitative estimate of drug-likeness (QED) is 0.738. The van der Waals surface area contributed by atoms with Crippen LogP contribution in [0.3, 0.4) is 0 Å². The van der Waals surface area contributed by atoms with Crippen LogP contribution < -0.4 is 0 Å². The highest BCUT2D eigenvalue weighted by molar-refractivity contribution is 7.91. The van der Waals surface area contributed by atoms with E-state index < -0.39 is 15.7 Å². The number of carbonyl (C=O) groups excluding carboxylic acids is 1. The lowest BCUT2D eigenvalue weighted by atomic mass is 10.3. The number of carbonyl (C=O) groups is 1. The van der Waals surface area contributed by atoms with Gasteiger partial charge in [0.1, 0.15) is 11.6 Å². The predicted molar refractivity (Wildman–Crippen MR) is 53.8 cm³/mol. The third-order valence-electron chi connectivity index (χ3n) is 1.90. The normalized spacial score (nSPS) is 11.3. The Hall–Kier alpha value is -1.23. The second-order valence-electron chi connectivity index (χ2n) is 3.22. The van der Waals surface area contributed by atoms with Gasteiger partial charge in [0.25, 0.3) is 0 Å². The average molecular weight is 230 g/mol. The van der Waals surface area contributed by atoms with E-state index in [1.807, 2.05) is 0 Å². The number of Topliss-reactive ketones (excluding diaryl/α,β-unsaturated/α-hetero) is 1. The monoisotopic (exact) mass is 230 g/mol. The van der Waals surface area contributed by atoms with Crippen molar-refractivity contribution in [2.24, 2.45) is 0 Å².